The van der Waals surface area contributed by atoms with Crippen LogP contribution in [0, 0.1) is 24.2 Å². The van der Waals surface area contributed by atoms with E-state index in [9.17, 15) is 10.1 Å². The third-order valence-electron chi connectivity index (χ3n) is 7.16. The number of carbonyl (C=O) groups is 1. The van der Waals surface area contributed by atoms with E-state index in [1.165, 1.54) is 24.0 Å². The summed E-state index contributed by atoms with van der Waals surface area (Å²) < 4.78 is 7.29. The fraction of sp³-hybridized carbons (Fsp3) is 0.273. The number of carbonyl (C=O) groups excluding carboxylic acids is 1. The molecule has 0 unspecified atom stereocenters. The maximum atomic E-state index is 12.0. The lowest BCUT2D eigenvalue weighted by Gasteiger charge is -2.39. The van der Waals surface area contributed by atoms with E-state index in [1.54, 1.807) is 11.9 Å². The number of methoxy groups -OCH3 is 1. The molecule has 0 aliphatic carbocycles. The molecule has 2 aromatic carbocycles. The number of ether oxygens (including phenoxy) is 1. The molecule has 1 fully saturated rings. The van der Waals surface area contributed by atoms with Crippen LogP contribution in [0.5, 0.6) is 0 Å². The predicted octanol–water partition coefficient (Wildman–Crippen LogP) is 6.61. The molecule has 204 valence electrons. The summed E-state index contributed by atoms with van der Waals surface area (Å²) in [4.78, 5) is 16.1. The van der Waals surface area contributed by atoms with Crippen LogP contribution in [-0.4, -0.2) is 30.1 Å². The van der Waals surface area contributed by atoms with Gasteiger partial charge < -0.3 is 9.64 Å². The molecule has 5 nitrogen and oxygen atoms in total. The van der Waals surface area contributed by atoms with Gasteiger partial charge in [0.15, 0.2) is 0 Å². The van der Waals surface area contributed by atoms with E-state index in [1.807, 2.05) is 5.38 Å². The van der Waals surface area contributed by atoms with Crippen LogP contribution in [0.3, 0.4) is 0 Å². The highest BCUT2D eigenvalue weighted by molar-refractivity contribution is 7.98. The zero-order chi connectivity index (χ0) is 28.2. The molecule has 2 aromatic heterocycles. The number of aromatic nitrogens is 1. The third kappa shape index (κ3) is 5.34. The first kappa shape index (κ1) is 27.8. The second-order valence-electron chi connectivity index (χ2n) is 9.90. The van der Waals surface area contributed by atoms with Gasteiger partial charge in [0.2, 0.25) is 0 Å². The molecule has 4 aromatic rings. The van der Waals surface area contributed by atoms with Crippen molar-refractivity contribution in [2.75, 3.05) is 25.1 Å². The molecule has 0 radical (unpaired) electrons. The number of rotatable bonds is 8. The van der Waals surface area contributed by atoms with Crippen molar-refractivity contribution in [3.8, 4) is 28.5 Å². The monoisotopic (exact) mass is 567 g/mol. The van der Waals surface area contributed by atoms with Gasteiger partial charge in [-0.1, -0.05) is 55.8 Å². The van der Waals surface area contributed by atoms with Gasteiger partial charge in [0.05, 0.1) is 24.1 Å². The molecular weight excluding hydrogens is 535 g/mol. The van der Waals surface area contributed by atoms with E-state index in [2.05, 4.69) is 102 Å². The van der Waals surface area contributed by atoms with Gasteiger partial charge in [0.1, 0.15) is 10.9 Å². The highest BCUT2D eigenvalue weighted by atomic mass is 32.2. The lowest BCUT2D eigenvalue weighted by atomic mass is 9.97. The van der Waals surface area contributed by atoms with Gasteiger partial charge in [-0.15, -0.1) is 11.3 Å². The number of hydrogen-bond donors (Lipinski definition) is 0. The Morgan fingerprint density at radius 1 is 1.12 bits per heavy atom. The van der Waals surface area contributed by atoms with Gasteiger partial charge in [0, 0.05) is 45.6 Å². The van der Waals surface area contributed by atoms with Crippen molar-refractivity contribution in [2.24, 2.45) is 5.92 Å². The average Bonchev–Trinajstić information content (AvgIpc) is 3.52. The predicted molar refractivity (Wildman–Crippen MR) is 167 cm³/mol. The topological polar surface area (TPSA) is 58.3 Å². The first-order valence-electron chi connectivity index (χ1n) is 13.6. The zero-order valence-electron chi connectivity index (χ0n) is 23.3. The third-order valence-corrected chi connectivity index (χ3v) is 9.03. The number of hydrogen-bond acceptors (Lipinski definition) is 6. The Hall–Kier alpha value is -3.73. The normalized spacial score (nSPS) is 14.3. The number of aryl methyl sites for hydroxylation is 1. The van der Waals surface area contributed by atoms with E-state index in [0.29, 0.717) is 18.0 Å². The minimum Gasteiger partial charge on any atom is -0.469 e. The standard InChI is InChI=1S/C33H33N3O2S2/c1-5-8-27-29(9-6-2)36(40-26-14-12-22(3)13-15-26)32(31(27)28-16-17-39-30(28)19-34)23-10-7-11-25(18-23)35-20-24(21-35)33(37)38-4/h7-18,24H,5-6,20-21H2,1-4H3/b27-8+,29-9+. The second kappa shape index (κ2) is 12.2. The van der Waals surface area contributed by atoms with E-state index in [0.717, 1.165) is 56.4 Å². The molecule has 0 spiro atoms. The SMILES string of the molecule is CC/C=c1/c(-c2ccsc2C#N)c(-c2cccc(N3CC(C(=O)OC)C3)c2)n(Sc2ccc(C)cc2)/c1=C/CC. The molecular formula is C33H33N3O2S2. The molecule has 5 rings (SSSR count). The largest absolute Gasteiger partial charge is 0.469 e. The Morgan fingerprint density at radius 3 is 2.55 bits per heavy atom. The van der Waals surface area contributed by atoms with Crippen molar-refractivity contribution in [1.82, 2.24) is 3.97 Å². The Labute approximate surface area is 244 Å². The number of anilines is 1. The molecule has 1 saturated heterocycles. The van der Waals surface area contributed by atoms with Crippen LogP contribution in [0.2, 0.25) is 0 Å². The van der Waals surface area contributed by atoms with Crippen molar-refractivity contribution in [3.05, 3.63) is 81.0 Å². The Balaban J connectivity index is 1.76. The van der Waals surface area contributed by atoms with Crippen molar-refractivity contribution in [1.29, 1.82) is 5.26 Å². The zero-order valence-corrected chi connectivity index (χ0v) is 24.9. The van der Waals surface area contributed by atoms with Crippen LogP contribution in [0.4, 0.5) is 5.69 Å². The summed E-state index contributed by atoms with van der Waals surface area (Å²) in [7, 11) is 1.45. The van der Waals surface area contributed by atoms with Gasteiger partial charge in [-0.25, -0.2) is 0 Å². The summed E-state index contributed by atoms with van der Waals surface area (Å²) in [6.45, 7) is 7.72. The van der Waals surface area contributed by atoms with Gasteiger partial charge in [-0.2, -0.15) is 5.26 Å². The lowest BCUT2D eigenvalue weighted by Crippen LogP contribution is -2.50. The van der Waals surface area contributed by atoms with Crippen LogP contribution in [0.25, 0.3) is 34.5 Å². The van der Waals surface area contributed by atoms with Crippen LogP contribution in [-0.2, 0) is 9.53 Å². The van der Waals surface area contributed by atoms with Crippen LogP contribution in [0.1, 0.15) is 37.1 Å². The smallest absolute Gasteiger partial charge is 0.312 e. The summed E-state index contributed by atoms with van der Waals surface area (Å²) in [5.41, 5.74) is 6.51. The molecule has 3 heterocycles. The molecule has 7 heteroatoms. The molecule has 0 N–H and O–H groups in total. The maximum Gasteiger partial charge on any atom is 0.312 e. The highest BCUT2D eigenvalue weighted by Crippen LogP contribution is 2.38. The molecule has 0 bridgehead atoms. The fourth-order valence-electron chi connectivity index (χ4n) is 5.17. The number of esters is 1. The Morgan fingerprint density at radius 2 is 1.88 bits per heavy atom. The summed E-state index contributed by atoms with van der Waals surface area (Å²) in [6, 6.07) is 21.7. The molecule has 0 atom stereocenters. The van der Waals surface area contributed by atoms with Crippen LogP contribution < -0.4 is 15.5 Å². The molecule has 0 saturated carbocycles. The minimum atomic E-state index is -0.154. The van der Waals surface area contributed by atoms with Gasteiger partial charge in [0.25, 0.3) is 0 Å². The molecule has 40 heavy (non-hydrogen) atoms. The quantitative estimate of drug-likeness (QED) is 0.224. The van der Waals surface area contributed by atoms with Crippen molar-refractivity contribution < 1.29 is 9.53 Å². The van der Waals surface area contributed by atoms with E-state index < -0.39 is 0 Å². The average molecular weight is 568 g/mol. The number of nitrogens with zero attached hydrogens (tertiary/aromatic N) is 3. The molecule has 1 aliphatic heterocycles. The van der Waals surface area contributed by atoms with E-state index in [4.69, 9.17) is 4.74 Å². The Kier molecular flexibility index (Phi) is 8.49. The van der Waals surface area contributed by atoms with Gasteiger partial charge >= 0.3 is 5.97 Å². The van der Waals surface area contributed by atoms with E-state index >= 15 is 0 Å². The van der Waals surface area contributed by atoms with Gasteiger partial charge in [-0.05, 0) is 67.4 Å². The number of nitriles is 1. The second-order valence-corrected chi connectivity index (χ2v) is 11.8. The van der Waals surface area contributed by atoms with Gasteiger partial charge in [-0.3, -0.25) is 8.77 Å². The summed E-state index contributed by atoms with van der Waals surface area (Å²) in [5.74, 6) is -0.246. The first-order valence-corrected chi connectivity index (χ1v) is 15.3. The Bertz CT molecular complexity index is 1690. The summed E-state index contributed by atoms with van der Waals surface area (Å²) in [5, 5.41) is 14.3. The van der Waals surface area contributed by atoms with E-state index in [-0.39, 0.29) is 11.9 Å². The van der Waals surface area contributed by atoms with Crippen molar-refractivity contribution in [3.63, 3.8) is 0 Å². The molecule has 0 amide bonds. The molecule has 1 aliphatic rings. The fourth-order valence-corrected chi connectivity index (χ4v) is 6.88. The summed E-state index contributed by atoms with van der Waals surface area (Å²) in [6.07, 6.45) is 6.34. The minimum absolute atomic E-state index is 0.0920. The maximum absolute atomic E-state index is 12.0. The van der Waals surface area contributed by atoms with Crippen molar-refractivity contribution >= 4 is 47.1 Å². The summed E-state index contributed by atoms with van der Waals surface area (Å²) >= 11 is 3.19. The highest BCUT2D eigenvalue weighted by Gasteiger charge is 2.34. The number of thiophene rings is 1. The number of benzene rings is 2. The van der Waals surface area contributed by atoms with Crippen LogP contribution >= 0.6 is 23.3 Å². The first-order chi connectivity index (χ1) is 19.5. The lowest BCUT2D eigenvalue weighted by molar-refractivity contribution is -0.146. The van der Waals surface area contributed by atoms with Crippen molar-refractivity contribution in [2.45, 2.75) is 38.5 Å². The van der Waals surface area contributed by atoms with Crippen LogP contribution in [0.15, 0.2) is 64.9 Å².